The number of hydrogen-bond acceptors (Lipinski definition) is 8. The molecule has 194 valence electrons. The van der Waals surface area contributed by atoms with Crippen molar-refractivity contribution in [2.24, 2.45) is 5.16 Å². The molecule has 0 fully saturated rings. The molecule has 0 aliphatic carbocycles. The van der Waals surface area contributed by atoms with E-state index >= 15 is 0 Å². The van der Waals surface area contributed by atoms with Gasteiger partial charge in [-0.2, -0.15) is 0 Å². The van der Waals surface area contributed by atoms with Crippen LogP contribution < -0.4 is 10.2 Å². The number of benzene rings is 3. The highest BCUT2D eigenvalue weighted by Crippen LogP contribution is 2.28. The number of halogens is 1. The molecule has 1 N–H and O–H groups in total. The van der Waals surface area contributed by atoms with E-state index in [2.05, 4.69) is 45.0 Å². The molecule has 1 aliphatic heterocycles. The summed E-state index contributed by atoms with van der Waals surface area (Å²) >= 11 is 7.69. The normalized spacial score (nSPS) is 14.4. The topological polar surface area (TPSA) is 76.1 Å². The number of carbonyl (C=O) groups is 1. The van der Waals surface area contributed by atoms with Crippen molar-refractivity contribution in [3.63, 3.8) is 0 Å². The first-order valence-electron chi connectivity index (χ1n) is 12.3. The van der Waals surface area contributed by atoms with Gasteiger partial charge in [-0.05, 0) is 29.7 Å². The van der Waals surface area contributed by atoms with Crippen molar-refractivity contribution in [2.75, 3.05) is 24.6 Å². The maximum absolute atomic E-state index is 10.9. The fraction of sp³-hybridized carbons (Fsp3) is 0.207. The molecule has 5 rings (SSSR count). The summed E-state index contributed by atoms with van der Waals surface area (Å²) in [6, 6.07) is 26.0. The predicted octanol–water partition coefficient (Wildman–Crippen LogP) is 5.54. The Morgan fingerprint density at radius 3 is 2.47 bits per heavy atom. The number of ether oxygens (including phenoxy) is 1. The zero-order valence-corrected chi connectivity index (χ0v) is 22.2. The largest absolute Gasteiger partial charge is 0.375 e. The third kappa shape index (κ3) is 6.77. The van der Waals surface area contributed by atoms with Gasteiger partial charge in [0.1, 0.15) is 0 Å². The highest BCUT2D eigenvalue weighted by atomic mass is 35.5. The molecular formula is C29H27ClN4O3S. The van der Waals surface area contributed by atoms with E-state index in [4.69, 9.17) is 26.2 Å². The van der Waals surface area contributed by atoms with Gasteiger partial charge in [0.25, 0.3) is 6.23 Å². The zero-order chi connectivity index (χ0) is 26.2. The molecule has 0 spiro atoms. The molecule has 2 heterocycles. The molecule has 38 heavy (non-hydrogen) atoms. The minimum absolute atomic E-state index is 0.559. The third-order valence-electron chi connectivity index (χ3n) is 6.08. The third-order valence-corrected chi connectivity index (χ3v) is 7.23. The van der Waals surface area contributed by atoms with Gasteiger partial charge in [0, 0.05) is 34.6 Å². The lowest BCUT2D eigenvalue weighted by Gasteiger charge is -2.22. The Hall–Kier alpha value is -3.72. The Kier molecular flexibility index (Phi) is 8.65. The van der Waals surface area contributed by atoms with Gasteiger partial charge >= 0.3 is 0 Å². The van der Waals surface area contributed by atoms with Gasteiger partial charge in [-0.15, -0.1) is 11.3 Å². The van der Waals surface area contributed by atoms with E-state index in [0.717, 1.165) is 47.0 Å². The average Bonchev–Trinajstić information content (AvgIpc) is 3.65. The fourth-order valence-corrected chi connectivity index (χ4v) is 5.00. The van der Waals surface area contributed by atoms with Crippen molar-refractivity contribution in [2.45, 2.75) is 19.3 Å². The van der Waals surface area contributed by atoms with Crippen molar-refractivity contribution in [1.82, 2.24) is 10.3 Å². The molecule has 1 aromatic heterocycles. The molecule has 1 unspecified atom stereocenters. The number of thiazole rings is 1. The van der Waals surface area contributed by atoms with Crippen molar-refractivity contribution < 1.29 is 14.4 Å². The second kappa shape index (κ2) is 12.7. The van der Waals surface area contributed by atoms with Gasteiger partial charge in [-0.3, -0.25) is 4.79 Å². The molecule has 1 aliphatic rings. The van der Waals surface area contributed by atoms with Gasteiger partial charge < -0.3 is 19.8 Å². The van der Waals surface area contributed by atoms with Crippen LogP contribution in [0.1, 0.15) is 16.7 Å². The minimum Gasteiger partial charge on any atom is -0.375 e. The molecule has 0 saturated heterocycles. The minimum atomic E-state index is -0.724. The lowest BCUT2D eigenvalue weighted by molar-refractivity contribution is -0.117. The Morgan fingerprint density at radius 1 is 0.974 bits per heavy atom. The predicted molar refractivity (Wildman–Crippen MR) is 152 cm³/mol. The number of nitrogens with one attached hydrogen (secondary N) is 1. The van der Waals surface area contributed by atoms with Crippen LogP contribution in [0.15, 0.2) is 89.4 Å². The highest BCUT2D eigenvalue weighted by Gasteiger charge is 2.19. The van der Waals surface area contributed by atoms with Gasteiger partial charge in [0.2, 0.25) is 0 Å². The van der Waals surface area contributed by atoms with Crippen LogP contribution in [0.5, 0.6) is 0 Å². The van der Waals surface area contributed by atoms with Crippen LogP contribution in [-0.4, -0.2) is 43.0 Å². The summed E-state index contributed by atoms with van der Waals surface area (Å²) in [4.78, 5) is 23.1. The lowest BCUT2D eigenvalue weighted by atomic mass is 10.1. The van der Waals surface area contributed by atoms with E-state index in [-0.39, 0.29) is 0 Å². The van der Waals surface area contributed by atoms with Crippen molar-refractivity contribution in [1.29, 1.82) is 0 Å². The molecule has 3 aromatic carbocycles. The van der Waals surface area contributed by atoms with Crippen molar-refractivity contribution >= 4 is 40.2 Å². The first-order valence-corrected chi connectivity index (χ1v) is 13.6. The van der Waals surface area contributed by atoms with Crippen LogP contribution in [0.4, 0.5) is 5.13 Å². The van der Waals surface area contributed by atoms with E-state index in [9.17, 15) is 4.79 Å². The smallest absolute Gasteiger partial charge is 0.254 e. The molecule has 4 aromatic rings. The maximum atomic E-state index is 10.9. The molecule has 0 saturated carbocycles. The zero-order valence-electron chi connectivity index (χ0n) is 20.6. The average molecular weight is 547 g/mol. The Balaban J connectivity index is 1.23. The van der Waals surface area contributed by atoms with E-state index in [1.165, 1.54) is 5.56 Å². The summed E-state index contributed by atoms with van der Waals surface area (Å²) in [6.07, 6.45) is 0.792. The number of carbonyl (C=O) groups excluding carboxylic acids is 1. The summed E-state index contributed by atoms with van der Waals surface area (Å²) in [5, 5.41) is 10.6. The van der Waals surface area contributed by atoms with Crippen LogP contribution in [0.2, 0.25) is 5.02 Å². The number of aromatic nitrogens is 1. The van der Waals surface area contributed by atoms with Crippen LogP contribution in [-0.2, 0) is 27.4 Å². The standard InChI is InChI=1S/C29H27ClN4O3S/c30-25-12-10-23(11-13-25)26-20-38-29(31-26)34(16-17-36-19-22-4-2-1-3-5-22)15-14-21-6-8-24(9-7-21)28-32-27(18-35)37-33-28/h1-13,18,20,27H,14-17,19H2,(H,32,33). The first kappa shape index (κ1) is 25.9. The van der Waals surface area contributed by atoms with Crippen LogP contribution >= 0.6 is 22.9 Å². The lowest BCUT2D eigenvalue weighted by Crippen LogP contribution is -2.31. The van der Waals surface area contributed by atoms with E-state index < -0.39 is 6.23 Å². The van der Waals surface area contributed by atoms with Crippen LogP contribution in [0.3, 0.4) is 0 Å². The SMILES string of the molecule is O=CC1NC(c2ccc(CCN(CCOCc3ccccc3)c3nc(-c4ccc(Cl)cc4)cs3)cc2)=NO1. The van der Waals surface area contributed by atoms with E-state index in [1.54, 1.807) is 11.3 Å². The summed E-state index contributed by atoms with van der Waals surface area (Å²) < 4.78 is 5.98. The van der Waals surface area contributed by atoms with E-state index in [1.807, 2.05) is 54.6 Å². The van der Waals surface area contributed by atoms with Crippen molar-refractivity contribution in [3.8, 4) is 11.3 Å². The second-order valence-electron chi connectivity index (χ2n) is 8.74. The molecule has 0 bridgehead atoms. The summed E-state index contributed by atoms with van der Waals surface area (Å²) in [6.45, 7) is 2.69. The number of oxime groups is 1. The quantitative estimate of drug-likeness (QED) is 0.186. The summed E-state index contributed by atoms with van der Waals surface area (Å²) in [7, 11) is 0. The molecule has 0 radical (unpaired) electrons. The second-order valence-corrected chi connectivity index (χ2v) is 10.0. The van der Waals surface area contributed by atoms with Crippen LogP contribution in [0, 0.1) is 0 Å². The van der Waals surface area contributed by atoms with Crippen LogP contribution in [0.25, 0.3) is 11.3 Å². The first-order chi connectivity index (χ1) is 18.7. The monoisotopic (exact) mass is 546 g/mol. The highest BCUT2D eigenvalue weighted by molar-refractivity contribution is 7.14. The molecule has 1 atom stereocenters. The van der Waals surface area contributed by atoms with Gasteiger partial charge in [0.15, 0.2) is 17.3 Å². The van der Waals surface area contributed by atoms with Gasteiger partial charge in [-0.25, -0.2) is 4.98 Å². The Bertz CT molecular complexity index is 1360. The summed E-state index contributed by atoms with van der Waals surface area (Å²) in [5.41, 5.74) is 5.19. The fourth-order valence-electron chi connectivity index (χ4n) is 3.99. The maximum Gasteiger partial charge on any atom is 0.254 e. The Morgan fingerprint density at radius 2 is 1.74 bits per heavy atom. The number of amidine groups is 1. The van der Waals surface area contributed by atoms with Gasteiger partial charge in [-0.1, -0.05) is 83.5 Å². The number of rotatable bonds is 12. The summed E-state index contributed by atoms with van der Waals surface area (Å²) in [5.74, 6) is 0.559. The molecule has 0 amide bonds. The van der Waals surface area contributed by atoms with E-state index in [0.29, 0.717) is 30.4 Å². The molecule has 9 heteroatoms. The number of aldehydes is 1. The number of anilines is 1. The van der Waals surface area contributed by atoms with Gasteiger partial charge in [0.05, 0.1) is 18.9 Å². The van der Waals surface area contributed by atoms with Crippen molar-refractivity contribution in [3.05, 3.63) is 106 Å². The molecule has 7 nitrogen and oxygen atoms in total. The Labute approximate surface area is 230 Å². The molecular weight excluding hydrogens is 520 g/mol. The number of nitrogens with zero attached hydrogens (tertiary/aromatic N) is 3. The number of hydrogen-bond donors (Lipinski definition) is 1.